The highest BCUT2D eigenvalue weighted by molar-refractivity contribution is 9.09. The number of alkyl halides is 1. The molecule has 0 saturated carbocycles. The molecule has 0 saturated heterocycles. The summed E-state index contributed by atoms with van der Waals surface area (Å²) < 4.78 is 1.93. The summed E-state index contributed by atoms with van der Waals surface area (Å²) in [6, 6.07) is 10.1. The van der Waals surface area contributed by atoms with Crippen LogP contribution in [0.2, 0.25) is 0 Å². The number of para-hydroxylation sites is 1. The molecule has 3 nitrogen and oxygen atoms in total. The molecule has 4 heteroatoms. The molecule has 0 bridgehead atoms. The van der Waals surface area contributed by atoms with E-state index in [0.717, 1.165) is 17.8 Å². The lowest BCUT2D eigenvalue weighted by Crippen LogP contribution is -2.24. The van der Waals surface area contributed by atoms with E-state index >= 15 is 0 Å². The van der Waals surface area contributed by atoms with Crippen LogP contribution in [-0.4, -0.2) is 19.8 Å². The smallest absolute Gasteiger partial charge is 0.0735 e. The van der Waals surface area contributed by atoms with Gasteiger partial charge in [0, 0.05) is 10.2 Å². The summed E-state index contributed by atoms with van der Waals surface area (Å²) >= 11 is 3.63. The van der Waals surface area contributed by atoms with Gasteiger partial charge >= 0.3 is 0 Å². The highest BCUT2D eigenvalue weighted by Crippen LogP contribution is 2.31. The van der Waals surface area contributed by atoms with Crippen molar-refractivity contribution in [2.75, 3.05) is 0 Å². The van der Waals surface area contributed by atoms with Crippen molar-refractivity contribution in [3.8, 4) is 5.69 Å². The zero-order valence-corrected chi connectivity index (χ0v) is 12.6. The lowest BCUT2D eigenvalue weighted by Gasteiger charge is -2.26. The fourth-order valence-electron chi connectivity index (χ4n) is 2.26. The van der Waals surface area contributed by atoms with Gasteiger partial charge in [-0.05, 0) is 18.6 Å². The summed E-state index contributed by atoms with van der Waals surface area (Å²) in [5, 5.41) is 8.28. The summed E-state index contributed by atoms with van der Waals surface area (Å²) in [6.07, 6.45) is 2.90. The van der Waals surface area contributed by atoms with Gasteiger partial charge < -0.3 is 0 Å². The number of benzene rings is 1. The number of hydrogen-bond donors (Lipinski definition) is 0. The van der Waals surface area contributed by atoms with Crippen LogP contribution in [-0.2, 0) is 5.41 Å². The topological polar surface area (TPSA) is 30.7 Å². The minimum Gasteiger partial charge on any atom is -0.217 e. The molecule has 0 aliphatic carbocycles. The third kappa shape index (κ3) is 2.80. The molecule has 1 aromatic heterocycles. The van der Waals surface area contributed by atoms with Crippen molar-refractivity contribution in [1.82, 2.24) is 15.0 Å². The standard InChI is InChI=1S/C14H18BrN3/c1-11(15)9-14(2,3)13-10-16-17-18(13)12-7-5-4-6-8-12/h4-8,10-11H,9H2,1-3H3. The normalized spacial score (nSPS) is 13.6. The van der Waals surface area contributed by atoms with Crippen molar-refractivity contribution >= 4 is 15.9 Å². The maximum atomic E-state index is 4.21. The van der Waals surface area contributed by atoms with Gasteiger partial charge in [0.25, 0.3) is 0 Å². The van der Waals surface area contributed by atoms with Gasteiger partial charge in [0.2, 0.25) is 0 Å². The predicted octanol–water partition coefficient (Wildman–Crippen LogP) is 3.72. The molecular weight excluding hydrogens is 290 g/mol. The SMILES string of the molecule is CC(Br)CC(C)(C)c1cnnn1-c1ccccc1. The molecule has 2 rings (SSSR count). The lowest BCUT2D eigenvalue weighted by molar-refractivity contribution is 0.454. The second kappa shape index (κ2) is 5.22. The first-order chi connectivity index (χ1) is 8.50. The Morgan fingerprint density at radius 3 is 2.56 bits per heavy atom. The van der Waals surface area contributed by atoms with E-state index < -0.39 is 0 Å². The molecule has 0 fully saturated rings. The summed E-state index contributed by atoms with van der Waals surface area (Å²) in [5.41, 5.74) is 2.22. The number of aromatic nitrogens is 3. The van der Waals surface area contributed by atoms with E-state index in [-0.39, 0.29) is 5.41 Å². The van der Waals surface area contributed by atoms with E-state index in [1.807, 2.05) is 41.2 Å². The third-order valence-corrected chi connectivity index (χ3v) is 3.36. The summed E-state index contributed by atoms with van der Waals surface area (Å²) in [7, 11) is 0. The van der Waals surface area contributed by atoms with Crippen LogP contribution in [0.1, 0.15) is 32.9 Å². The van der Waals surface area contributed by atoms with Gasteiger partial charge in [0.05, 0.1) is 17.6 Å². The first-order valence-corrected chi connectivity index (χ1v) is 7.03. The quantitative estimate of drug-likeness (QED) is 0.806. The average Bonchev–Trinajstić information content (AvgIpc) is 2.78. The van der Waals surface area contributed by atoms with Crippen LogP contribution in [0, 0.1) is 0 Å². The molecule has 0 aliphatic rings. The first-order valence-electron chi connectivity index (χ1n) is 6.11. The molecule has 0 aliphatic heterocycles. The molecule has 18 heavy (non-hydrogen) atoms. The number of halogens is 1. The third-order valence-electron chi connectivity index (χ3n) is 3.04. The van der Waals surface area contributed by atoms with Crippen molar-refractivity contribution in [2.45, 2.75) is 37.4 Å². The summed E-state index contributed by atoms with van der Waals surface area (Å²) in [4.78, 5) is 0.464. The Bertz CT molecular complexity index is 503. The van der Waals surface area contributed by atoms with Gasteiger partial charge in [0.15, 0.2) is 0 Å². The van der Waals surface area contributed by atoms with Crippen molar-refractivity contribution in [2.24, 2.45) is 0 Å². The van der Waals surface area contributed by atoms with Gasteiger partial charge in [-0.1, -0.05) is 60.1 Å². The van der Waals surface area contributed by atoms with Crippen molar-refractivity contribution < 1.29 is 0 Å². The lowest BCUT2D eigenvalue weighted by atomic mass is 9.84. The largest absolute Gasteiger partial charge is 0.217 e. The molecule has 1 aromatic carbocycles. The Morgan fingerprint density at radius 2 is 1.94 bits per heavy atom. The zero-order chi connectivity index (χ0) is 13.2. The van der Waals surface area contributed by atoms with Crippen LogP contribution in [0.15, 0.2) is 36.5 Å². The van der Waals surface area contributed by atoms with E-state index in [4.69, 9.17) is 0 Å². The molecule has 1 atom stereocenters. The highest BCUT2D eigenvalue weighted by atomic mass is 79.9. The van der Waals surface area contributed by atoms with Crippen LogP contribution < -0.4 is 0 Å². The molecule has 1 heterocycles. The van der Waals surface area contributed by atoms with Crippen LogP contribution >= 0.6 is 15.9 Å². The molecule has 2 aromatic rings. The van der Waals surface area contributed by atoms with E-state index in [9.17, 15) is 0 Å². The maximum Gasteiger partial charge on any atom is 0.0735 e. The summed E-state index contributed by atoms with van der Waals surface area (Å²) in [6.45, 7) is 6.62. The molecular formula is C14H18BrN3. The first kappa shape index (κ1) is 13.3. The fraction of sp³-hybridized carbons (Fsp3) is 0.429. The predicted molar refractivity (Wildman–Crippen MR) is 77.4 cm³/mol. The second-order valence-electron chi connectivity index (χ2n) is 5.24. The minimum absolute atomic E-state index is 0.0300. The molecule has 1 unspecified atom stereocenters. The Hall–Kier alpha value is -1.16. The molecule has 0 amide bonds. The highest BCUT2D eigenvalue weighted by Gasteiger charge is 2.27. The number of rotatable bonds is 4. The molecule has 0 spiro atoms. The fourth-order valence-corrected chi connectivity index (χ4v) is 3.07. The van der Waals surface area contributed by atoms with Crippen LogP contribution in [0.5, 0.6) is 0 Å². The number of nitrogens with zero attached hydrogens (tertiary/aromatic N) is 3. The molecule has 0 radical (unpaired) electrons. The Balaban J connectivity index is 2.39. The Kier molecular flexibility index (Phi) is 3.85. The zero-order valence-electron chi connectivity index (χ0n) is 11.0. The van der Waals surface area contributed by atoms with Crippen molar-refractivity contribution in [1.29, 1.82) is 0 Å². The van der Waals surface area contributed by atoms with Gasteiger partial charge in [-0.15, -0.1) is 5.10 Å². The Labute approximate surface area is 116 Å². The van der Waals surface area contributed by atoms with Crippen molar-refractivity contribution in [3.63, 3.8) is 0 Å². The van der Waals surface area contributed by atoms with E-state index in [0.29, 0.717) is 4.83 Å². The van der Waals surface area contributed by atoms with Gasteiger partial charge in [-0.2, -0.15) is 0 Å². The monoisotopic (exact) mass is 307 g/mol. The molecule has 0 N–H and O–H groups in total. The van der Waals surface area contributed by atoms with E-state index in [2.05, 4.69) is 47.0 Å². The van der Waals surface area contributed by atoms with Gasteiger partial charge in [0.1, 0.15) is 0 Å². The summed E-state index contributed by atoms with van der Waals surface area (Å²) in [5.74, 6) is 0. The second-order valence-corrected chi connectivity index (χ2v) is 6.80. The van der Waals surface area contributed by atoms with Crippen LogP contribution in [0.25, 0.3) is 5.69 Å². The minimum atomic E-state index is 0.0300. The van der Waals surface area contributed by atoms with Gasteiger partial charge in [-0.3, -0.25) is 0 Å². The van der Waals surface area contributed by atoms with E-state index in [1.165, 1.54) is 0 Å². The van der Waals surface area contributed by atoms with Crippen LogP contribution in [0.3, 0.4) is 0 Å². The maximum absolute atomic E-state index is 4.21. The van der Waals surface area contributed by atoms with Gasteiger partial charge in [-0.25, -0.2) is 4.68 Å². The van der Waals surface area contributed by atoms with Crippen LogP contribution in [0.4, 0.5) is 0 Å². The van der Waals surface area contributed by atoms with E-state index in [1.54, 1.807) is 0 Å². The molecule has 96 valence electrons. The Morgan fingerprint density at radius 1 is 1.28 bits per heavy atom. The van der Waals surface area contributed by atoms with Crippen molar-refractivity contribution in [3.05, 3.63) is 42.2 Å². The average molecular weight is 308 g/mol. The number of hydrogen-bond acceptors (Lipinski definition) is 2.